The number of nitrogens with zero attached hydrogens (tertiary/aromatic N) is 16. The number of hydrogen-bond donors (Lipinski definition) is 5. The van der Waals surface area contributed by atoms with Gasteiger partial charge in [-0.25, -0.2) is 24.9 Å². The Morgan fingerprint density at radius 3 is 0.912 bits per heavy atom. The van der Waals surface area contributed by atoms with Gasteiger partial charge in [0.15, 0.2) is 28.7 Å². The predicted molar refractivity (Wildman–Crippen MR) is 449 cm³/mol. The number of phenols is 5. The second-order valence-corrected chi connectivity index (χ2v) is 33.6. The van der Waals surface area contributed by atoms with Crippen molar-refractivity contribution in [3.8, 4) is 28.7 Å². The van der Waals surface area contributed by atoms with Crippen LogP contribution in [-0.2, 0) is 70.7 Å². The maximum atomic E-state index is 13.2. The topological polar surface area (TPSA) is 304 Å². The van der Waals surface area contributed by atoms with Crippen LogP contribution < -0.4 is 27.8 Å². The van der Waals surface area contributed by atoms with E-state index in [-0.39, 0.29) is 161 Å². The lowest BCUT2D eigenvalue weighted by Gasteiger charge is -2.34. The molecule has 2 saturated heterocycles. The largest absolute Gasteiger partial charge is 0.504 e. The van der Waals surface area contributed by atoms with E-state index in [1.54, 1.807) is 25.3 Å². The standard InChI is InChI=1S/C19H24Cl2N4O2.C17H19Cl2N3O3.C15H17Cl2N3O2.C13H15Cl2N3O2.C12H13Cl2N3O2/c1-2-23-5-7-24(8-6-23)11-15-22-17-16(13(20)9-14(21)18(17)26)19(27)25(15)10-12-3-4-12;18-11-7-12(19)16(23)15-14(11)17(24)22(8-10-1-2-10)13(20-15)9-21-3-5-25-6-4-21;1-19(2)7-11-18-13-12(9(16)5-10(17)14(13)21)15(22)20(11)6-8-3-4-8;1-4-18-9(6-17(2)3)16-11-10(13(18)20)7(14)5-8(15)12(11)19;1-16(2)5-8-15-10-9(12(19)17(8)3)6(13)4-7(14)11(10)18/h9,12,26H,2-8,10-11H2,1H3;7,10,23H,1-6,8-9H2;5,8,21H,3-4,6-7H2,1-2H3;5,19H,4,6H2,1-3H3;4,18H,5H2,1-3H3. The van der Waals surface area contributed by atoms with Crippen molar-refractivity contribution in [1.29, 1.82) is 0 Å². The van der Waals surface area contributed by atoms with Gasteiger partial charge in [0.1, 0.15) is 56.7 Å². The molecule has 0 atom stereocenters. The fourth-order valence-electron chi connectivity index (χ4n) is 13.3. The van der Waals surface area contributed by atoms with Gasteiger partial charge in [0.05, 0.1) is 123 Å². The number of halogens is 10. The molecule has 3 aliphatic carbocycles. The SMILES string of the molecule is CCN1CCN(Cc2nc3c(O)c(Cl)cc(Cl)c3c(=O)n2CC2CC2)CC1.CCn1c(CN(C)C)nc2c(O)c(Cl)cc(Cl)c2c1=O.CN(C)Cc1nc2c(O)c(Cl)cc(Cl)c2c(=O)n1C.CN(C)Cc1nc2c(O)c(Cl)cc(Cl)c2c(=O)n1CC1CC1.O=c1c2c(Cl)cc(Cl)c(O)c2nc(CN2CCOCC2)n1CC1CC1. The third-order valence-electron chi connectivity index (χ3n) is 19.9. The number of ether oxygens (including phenoxy) is 1. The number of aromatic nitrogens is 10. The van der Waals surface area contributed by atoms with E-state index in [1.807, 2.05) is 63.9 Å². The van der Waals surface area contributed by atoms with E-state index < -0.39 is 0 Å². The highest BCUT2D eigenvalue weighted by Gasteiger charge is 2.32. The first-order valence-corrected chi connectivity index (χ1v) is 40.5. The van der Waals surface area contributed by atoms with Crippen molar-refractivity contribution in [2.45, 2.75) is 111 Å². The van der Waals surface area contributed by atoms with E-state index in [2.05, 4.69) is 46.5 Å². The van der Waals surface area contributed by atoms with E-state index in [0.717, 1.165) is 84.3 Å². The molecule has 15 rings (SSSR count). The molecule has 27 nitrogen and oxygen atoms in total. The Balaban J connectivity index is 0.000000140. The maximum Gasteiger partial charge on any atom is 0.263 e. The lowest BCUT2D eigenvalue weighted by Crippen LogP contribution is -2.46. The normalized spacial score (nSPS) is 15.6. The molecule has 5 fully saturated rings. The summed E-state index contributed by atoms with van der Waals surface area (Å²) >= 11 is 60.5. The average Bonchev–Trinajstić information content (AvgIpc) is 1.40. The fraction of sp³-hybridized carbons (Fsp3) is 0.474. The number of morpholine rings is 1. The second-order valence-electron chi connectivity index (χ2n) is 29.5. The van der Waals surface area contributed by atoms with Crippen LogP contribution in [0.15, 0.2) is 54.3 Å². The van der Waals surface area contributed by atoms with Crippen LogP contribution in [0.25, 0.3) is 54.5 Å². The zero-order chi connectivity index (χ0) is 82.0. The highest BCUT2D eigenvalue weighted by molar-refractivity contribution is 6.42. The fourth-order valence-corrected chi connectivity index (χ4v) is 15.9. The van der Waals surface area contributed by atoms with E-state index >= 15 is 0 Å². The first kappa shape index (κ1) is 87.3. The molecule has 5 aromatic carbocycles. The van der Waals surface area contributed by atoms with Gasteiger partial charge in [-0.3, -0.25) is 56.6 Å². The van der Waals surface area contributed by atoms with Gasteiger partial charge in [0.25, 0.3) is 27.8 Å². The number of fused-ring (bicyclic) bond motifs is 5. The summed E-state index contributed by atoms with van der Waals surface area (Å²) in [7, 11) is 12.9. The van der Waals surface area contributed by atoms with Crippen molar-refractivity contribution >= 4 is 171 Å². The molecule has 10 aromatic rings. The van der Waals surface area contributed by atoms with Crippen molar-refractivity contribution < 1.29 is 30.3 Å². The lowest BCUT2D eigenvalue weighted by molar-refractivity contribution is 0.0324. The molecule has 0 bridgehead atoms. The van der Waals surface area contributed by atoms with Crippen molar-refractivity contribution in [2.75, 3.05) is 101 Å². The summed E-state index contributed by atoms with van der Waals surface area (Å²) in [5, 5.41) is 53.3. The first-order valence-electron chi connectivity index (χ1n) is 36.8. The number of piperazine rings is 1. The Bertz CT molecular complexity index is 5600. The predicted octanol–water partition coefficient (Wildman–Crippen LogP) is 13.0. The van der Waals surface area contributed by atoms with Crippen LogP contribution in [-0.4, -0.2) is 204 Å². The Kier molecular flexibility index (Phi) is 28.8. The molecule has 5 aromatic heterocycles. The van der Waals surface area contributed by atoms with E-state index in [1.165, 1.54) is 34.9 Å². The van der Waals surface area contributed by atoms with Crippen molar-refractivity contribution in [1.82, 2.24) is 77.2 Å². The van der Waals surface area contributed by atoms with Crippen molar-refractivity contribution in [3.63, 3.8) is 0 Å². The number of hydrogen-bond acceptors (Lipinski definition) is 22. The van der Waals surface area contributed by atoms with Gasteiger partial charge in [-0.05, 0) is 142 Å². The van der Waals surface area contributed by atoms with Crippen LogP contribution in [0.5, 0.6) is 28.7 Å². The number of phenolic OH excluding ortho intramolecular Hbond substituents is 5. The highest BCUT2D eigenvalue weighted by Crippen LogP contribution is 2.42. The average molecular weight is 1760 g/mol. The van der Waals surface area contributed by atoms with Crippen LogP contribution in [0.2, 0.25) is 50.2 Å². The minimum atomic E-state index is -0.307. The van der Waals surface area contributed by atoms with Gasteiger partial charge in [-0.2, -0.15) is 0 Å². The van der Waals surface area contributed by atoms with Crippen LogP contribution in [0.1, 0.15) is 81.5 Å². The molecule has 5 N–H and O–H groups in total. The van der Waals surface area contributed by atoms with Crippen LogP contribution in [0, 0.1) is 17.8 Å². The van der Waals surface area contributed by atoms with Gasteiger partial charge in [0.2, 0.25) is 0 Å². The zero-order valence-corrected chi connectivity index (χ0v) is 71.3. The third-order valence-corrected chi connectivity index (χ3v) is 22.9. The monoisotopic (exact) mass is 1750 g/mol. The summed E-state index contributed by atoms with van der Waals surface area (Å²) in [6.45, 7) is 16.9. The van der Waals surface area contributed by atoms with Crippen LogP contribution in [0.3, 0.4) is 0 Å². The summed E-state index contributed by atoms with van der Waals surface area (Å²) in [6, 6.07) is 6.89. The zero-order valence-electron chi connectivity index (χ0n) is 63.7. The Hall–Kier alpha value is -6.58. The number of likely N-dealkylation sites (N-methyl/N-ethyl adjacent to an activating group) is 1. The molecule has 7 heterocycles. The number of benzene rings is 5. The Morgan fingerprint density at radius 2 is 0.611 bits per heavy atom. The van der Waals surface area contributed by atoms with Gasteiger partial charge in [0, 0.05) is 72.5 Å². The van der Waals surface area contributed by atoms with Crippen LogP contribution >= 0.6 is 116 Å². The summed E-state index contributed by atoms with van der Waals surface area (Å²) in [5.41, 5.74) is -0.360. The van der Waals surface area contributed by atoms with Gasteiger partial charge in [-0.1, -0.05) is 123 Å². The number of aromatic hydroxyl groups is 5. The molecular weight excluding hydrogens is 1670 g/mol. The van der Waals surface area contributed by atoms with Gasteiger partial charge < -0.3 is 49.9 Å². The first-order chi connectivity index (χ1) is 53.6. The number of rotatable bonds is 18. The Labute approximate surface area is 700 Å². The van der Waals surface area contributed by atoms with E-state index in [0.29, 0.717) is 119 Å². The van der Waals surface area contributed by atoms with Crippen molar-refractivity contribution in [2.24, 2.45) is 24.8 Å². The molecule has 2 aliphatic heterocycles. The molecule has 608 valence electrons. The molecule has 0 spiro atoms. The minimum Gasteiger partial charge on any atom is -0.504 e. The summed E-state index contributed by atoms with van der Waals surface area (Å²) in [6.07, 6.45) is 6.79. The molecular formula is C76H88Cl10N16O11. The molecule has 0 amide bonds. The molecule has 3 saturated carbocycles. The van der Waals surface area contributed by atoms with Gasteiger partial charge in [-0.15, -0.1) is 0 Å². The molecule has 37 heteroatoms. The molecule has 0 unspecified atom stereocenters. The lowest BCUT2D eigenvalue weighted by atomic mass is 10.2. The van der Waals surface area contributed by atoms with Crippen LogP contribution in [0.4, 0.5) is 0 Å². The molecule has 0 radical (unpaired) electrons. The third kappa shape index (κ3) is 20.2. The summed E-state index contributed by atoms with van der Waals surface area (Å²) < 4.78 is 13.5. The molecule has 113 heavy (non-hydrogen) atoms. The smallest absolute Gasteiger partial charge is 0.263 e. The van der Waals surface area contributed by atoms with E-state index in [4.69, 9.17) is 121 Å². The minimum absolute atomic E-state index is 0.0778. The Morgan fingerprint density at radius 1 is 0.354 bits per heavy atom. The second kappa shape index (κ2) is 37.4. The quantitative estimate of drug-likeness (QED) is 0.0533. The maximum absolute atomic E-state index is 13.2. The summed E-state index contributed by atoms with van der Waals surface area (Å²) in [4.78, 5) is 98.9. The van der Waals surface area contributed by atoms with Gasteiger partial charge >= 0.3 is 0 Å². The van der Waals surface area contributed by atoms with E-state index in [9.17, 15) is 49.5 Å². The summed E-state index contributed by atoms with van der Waals surface area (Å²) in [5.74, 6) is 3.57. The highest BCUT2D eigenvalue weighted by atomic mass is 35.5. The molecule has 5 aliphatic rings. The van der Waals surface area contributed by atoms with Crippen molar-refractivity contribution in [3.05, 3.63) is 161 Å².